The summed E-state index contributed by atoms with van der Waals surface area (Å²) in [6.45, 7) is 1.89. The van der Waals surface area contributed by atoms with E-state index >= 15 is 0 Å². The first kappa shape index (κ1) is 18.6. The third-order valence-corrected chi connectivity index (χ3v) is 4.50. The maximum atomic E-state index is 11.9. The molecule has 1 aromatic rings. The van der Waals surface area contributed by atoms with E-state index in [1.165, 1.54) is 25.7 Å². The Hall–Kier alpha value is -1.75. The Bertz CT molecular complexity index is 556. The summed E-state index contributed by atoms with van der Waals surface area (Å²) in [6, 6.07) is 7.71. The van der Waals surface area contributed by atoms with Crippen LogP contribution in [-0.2, 0) is 11.3 Å². The fourth-order valence-electron chi connectivity index (χ4n) is 2.98. The number of hydrogen-bond acceptors (Lipinski definition) is 2. The molecular formula is C18H27ClN4O. The normalized spacial score (nSPS) is 15.3. The lowest BCUT2D eigenvalue weighted by Gasteiger charge is -2.13. The van der Waals surface area contributed by atoms with Crippen LogP contribution in [-0.4, -0.2) is 32.0 Å². The van der Waals surface area contributed by atoms with Crippen LogP contribution in [0.1, 0.15) is 37.7 Å². The molecule has 1 saturated carbocycles. The van der Waals surface area contributed by atoms with Crippen LogP contribution in [0.2, 0.25) is 5.02 Å². The number of aliphatic imine (C=N–C) groups is 1. The minimum atomic E-state index is 0.158. The molecule has 0 radical (unpaired) electrons. The maximum Gasteiger partial charge on any atom is 0.220 e. The van der Waals surface area contributed by atoms with Gasteiger partial charge in [0.05, 0.1) is 0 Å². The summed E-state index contributed by atoms with van der Waals surface area (Å²) in [6.07, 6.45) is 5.61. The molecule has 0 aromatic heterocycles. The van der Waals surface area contributed by atoms with E-state index in [-0.39, 0.29) is 5.91 Å². The Labute approximate surface area is 149 Å². The summed E-state index contributed by atoms with van der Waals surface area (Å²) in [4.78, 5) is 16.0. The van der Waals surface area contributed by atoms with Crippen molar-refractivity contribution in [1.29, 1.82) is 0 Å². The molecule has 132 valence electrons. The molecule has 1 amide bonds. The molecule has 0 unspecified atom stereocenters. The smallest absolute Gasteiger partial charge is 0.220 e. The first-order valence-electron chi connectivity index (χ1n) is 8.63. The Kier molecular flexibility index (Phi) is 7.89. The lowest BCUT2D eigenvalue weighted by molar-refractivity contribution is -0.121. The second-order valence-electron chi connectivity index (χ2n) is 6.19. The predicted octanol–water partition coefficient (Wildman–Crippen LogP) is 2.70. The van der Waals surface area contributed by atoms with E-state index in [1.54, 1.807) is 7.05 Å². The van der Waals surface area contributed by atoms with Gasteiger partial charge in [0.2, 0.25) is 5.91 Å². The van der Waals surface area contributed by atoms with Crippen molar-refractivity contribution in [3.8, 4) is 0 Å². The predicted molar refractivity (Wildman–Crippen MR) is 99.2 cm³/mol. The van der Waals surface area contributed by atoms with Crippen molar-refractivity contribution in [2.24, 2.45) is 10.9 Å². The zero-order valence-electron chi connectivity index (χ0n) is 14.3. The molecule has 1 fully saturated rings. The summed E-state index contributed by atoms with van der Waals surface area (Å²) in [7, 11) is 1.73. The monoisotopic (exact) mass is 350 g/mol. The van der Waals surface area contributed by atoms with Gasteiger partial charge in [-0.1, -0.05) is 36.6 Å². The number of guanidine groups is 1. The standard InChI is InChI=1S/C18H27ClN4O/c1-20-18(23-13-15-7-4-8-16(19)11-15)22-10-9-21-17(24)12-14-5-2-3-6-14/h4,7-8,11,14H,2-3,5-6,9-10,12-13H2,1H3,(H,21,24)(H2,20,22,23). The van der Waals surface area contributed by atoms with E-state index in [1.807, 2.05) is 24.3 Å². The highest BCUT2D eigenvalue weighted by molar-refractivity contribution is 6.30. The van der Waals surface area contributed by atoms with Gasteiger partial charge in [-0.3, -0.25) is 9.79 Å². The van der Waals surface area contributed by atoms with Crippen LogP contribution in [0.3, 0.4) is 0 Å². The van der Waals surface area contributed by atoms with Crippen LogP contribution in [0, 0.1) is 5.92 Å². The Morgan fingerprint density at radius 2 is 1.96 bits per heavy atom. The van der Waals surface area contributed by atoms with Gasteiger partial charge < -0.3 is 16.0 Å². The second-order valence-corrected chi connectivity index (χ2v) is 6.62. The molecule has 5 nitrogen and oxygen atoms in total. The van der Waals surface area contributed by atoms with Gasteiger partial charge in [0, 0.05) is 38.1 Å². The lowest BCUT2D eigenvalue weighted by atomic mass is 10.0. The van der Waals surface area contributed by atoms with Gasteiger partial charge in [-0.25, -0.2) is 0 Å². The molecule has 0 saturated heterocycles. The molecule has 0 spiro atoms. The third kappa shape index (κ3) is 6.79. The molecule has 0 heterocycles. The highest BCUT2D eigenvalue weighted by Crippen LogP contribution is 2.27. The van der Waals surface area contributed by atoms with Crippen LogP contribution < -0.4 is 16.0 Å². The maximum absolute atomic E-state index is 11.9. The fourth-order valence-corrected chi connectivity index (χ4v) is 3.20. The fraction of sp³-hybridized carbons (Fsp3) is 0.556. The molecule has 3 N–H and O–H groups in total. The van der Waals surface area contributed by atoms with Crippen LogP contribution in [0.15, 0.2) is 29.3 Å². The van der Waals surface area contributed by atoms with Gasteiger partial charge in [-0.15, -0.1) is 0 Å². The van der Waals surface area contributed by atoms with E-state index in [4.69, 9.17) is 11.6 Å². The first-order valence-corrected chi connectivity index (χ1v) is 9.01. The van der Waals surface area contributed by atoms with Gasteiger partial charge in [0.1, 0.15) is 0 Å². The number of rotatable bonds is 7. The van der Waals surface area contributed by atoms with Gasteiger partial charge in [-0.05, 0) is 36.5 Å². The van der Waals surface area contributed by atoms with Crippen molar-refractivity contribution >= 4 is 23.5 Å². The molecule has 1 aliphatic carbocycles. The number of amides is 1. The molecular weight excluding hydrogens is 324 g/mol. The van der Waals surface area contributed by atoms with E-state index in [0.717, 1.165) is 10.6 Å². The highest BCUT2D eigenvalue weighted by atomic mass is 35.5. The van der Waals surface area contributed by atoms with Gasteiger partial charge >= 0.3 is 0 Å². The van der Waals surface area contributed by atoms with E-state index < -0.39 is 0 Å². The van der Waals surface area contributed by atoms with Crippen molar-refractivity contribution in [3.05, 3.63) is 34.9 Å². The highest BCUT2D eigenvalue weighted by Gasteiger charge is 2.17. The zero-order chi connectivity index (χ0) is 17.2. The van der Waals surface area contributed by atoms with E-state index in [0.29, 0.717) is 37.9 Å². The Morgan fingerprint density at radius 1 is 1.21 bits per heavy atom. The number of carbonyl (C=O) groups is 1. The molecule has 6 heteroatoms. The number of halogens is 1. The quantitative estimate of drug-likeness (QED) is 0.402. The summed E-state index contributed by atoms with van der Waals surface area (Å²) in [5.41, 5.74) is 1.09. The van der Waals surface area contributed by atoms with Crippen molar-refractivity contribution < 1.29 is 4.79 Å². The summed E-state index contributed by atoms with van der Waals surface area (Å²) >= 11 is 5.97. The van der Waals surface area contributed by atoms with Gasteiger partial charge in [-0.2, -0.15) is 0 Å². The number of benzene rings is 1. The van der Waals surface area contributed by atoms with Crippen molar-refractivity contribution in [2.45, 2.75) is 38.6 Å². The Morgan fingerprint density at radius 3 is 2.67 bits per heavy atom. The second kappa shape index (κ2) is 10.2. The topological polar surface area (TPSA) is 65.5 Å². The number of nitrogens with one attached hydrogen (secondary N) is 3. The summed E-state index contributed by atoms with van der Waals surface area (Å²) in [5.74, 6) is 1.45. The third-order valence-electron chi connectivity index (χ3n) is 4.26. The SMILES string of the molecule is CN=C(NCCNC(=O)CC1CCCC1)NCc1cccc(Cl)c1. The Balaban J connectivity index is 1.60. The van der Waals surface area contributed by atoms with Crippen LogP contribution in [0.4, 0.5) is 0 Å². The minimum absolute atomic E-state index is 0.158. The average Bonchev–Trinajstić information content (AvgIpc) is 3.07. The van der Waals surface area contributed by atoms with Crippen LogP contribution in [0.25, 0.3) is 0 Å². The van der Waals surface area contributed by atoms with Crippen LogP contribution in [0.5, 0.6) is 0 Å². The molecule has 0 bridgehead atoms. The number of hydrogen-bond donors (Lipinski definition) is 3. The molecule has 0 atom stereocenters. The van der Waals surface area contributed by atoms with E-state index in [9.17, 15) is 4.79 Å². The summed E-state index contributed by atoms with van der Waals surface area (Å²) in [5, 5.41) is 10.1. The number of carbonyl (C=O) groups excluding carboxylic acids is 1. The van der Waals surface area contributed by atoms with Crippen molar-refractivity contribution in [2.75, 3.05) is 20.1 Å². The lowest BCUT2D eigenvalue weighted by Crippen LogP contribution is -2.41. The summed E-state index contributed by atoms with van der Waals surface area (Å²) < 4.78 is 0. The molecule has 24 heavy (non-hydrogen) atoms. The van der Waals surface area contributed by atoms with Crippen molar-refractivity contribution in [1.82, 2.24) is 16.0 Å². The molecule has 1 aromatic carbocycles. The average molecular weight is 351 g/mol. The van der Waals surface area contributed by atoms with Crippen molar-refractivity contribution in [3.63, 3.8) is 0 Å². The minimum Gasteiger partial charge on any atom is -0.355 e. The van der Waals surface area contributed by atoms with E-state index in [2.05, 4.69) is 20.9 Å². The van der Waals surface area contributed by atoms with Crippen LogP contribution >= 0.6 is 11.6 Å². The molecule has 1 aliphatic rings. The number of nitrogens with zero attached hydrogens (tertiary/aromatic N) is 1. The van der Waals surface area contributed by atoms with Gasteiger partial charge in [0.25, 0.3) is 0 Å². The molecule has 2 rings (SSSR count). The molecule has 0 aliphatic heterocycles. The largest absolute Gasteiger partial charge is 0.355 e. The zero-order valence-corrected chi connectivity index (χ0v) is 15.0. The van der Waals surface area contributed by atoms with Gasteiger partial charge in [0.15, 0.2) is 5.96 Å². The first-order chi connectivity index (χ1) is 11.7.